The van der Waals surface area contributed by atoms with Crippen molar-refractivity contribution in [2.75, 3.05) is 0 Å². The topological polar surface area (TPSA) is 20.2 Å². The summed E-state index contributed by atoms with van der Waals surface area (Å²) in [5, 5.41) is 9.11. The van der Waals surface area contributed by atoms with Gasteiger partial charge >= 0.3 is 0 Å². The Kier molecular flexibility index (Phi) is 2.94. The molecule has 0 saturated heterocycles. The van der Waals surface area contributed by atoms with Crippen LogP contribution in [-0.4, -0.2) is 5.11 Å². The average Bonchev–Trinajstić information content (AvgIpc) is 2.23. The maximum absolute atomic E-state index is 13.2. The van der Waals surface area contributed by atoms with Crippen LogP contribution >= 0.6 is 0 Å². The van der Waals surface area contributed by atoms with E-state index in [2.05, 4.69) is 6.92 Å². The molecule has 1 nitrogen and oxygen atoms in total. The average molecular weight is 208 g/mol. The molecule has 1 aliphatic carbocycles. The van der Waals surface area contributed by atoms with Crippen LogP contribution < -0.4 is 0 Å². The molecule has 1 aliphatic rings. The molecule has 0 aromatic heterocycles. The van der Waals surface area contributed by atoms with Crippen molar-refractivity contribution in [1.82, 2.24) is 0 Å². The van der Waals surface area contributed by atoms with Crippen molar-refractivity contribution < 1.29 is 9.50 Å². The minimum atomic E-state index is -0.494. The van der Waals surface area contributed by atoms with Crippen molar-refractivity contribution >= 4 is 0 Å². The second-order valence-electron chi connectivity index (χ2n) is 4.67. The van der Waals surface area contributed by atoms with Gasteiger partial charge in [-0.2, -0.15) is 0 Å². The van der Waals surface area contributed by atoms with E-state index in [0.29, 0.717) is 5.92 Å². The summed E-state index contributed by atoms with van der Waals surface area (Å²) in [6.07, 6.45) is 4.75. The minimum Gasteiger partial charge on any atom is -0.505 e. The Bertz CT molecular complexity index is 340. The highest BCUT2D eigenvalue weighted by molar-refractivity contribution is 5.30. The third kappa shape index (κ3) is 2.31. The van der Waals surface area contributed by atoms with E-state index < -0.39 is 5.82 Å². The summed E-state index contributed by atoms with van der Waals surface area (Å²) >= 11 is 0. The number of hydrogen-bond donors (Lipinski definition) is 1. The summed E-state index contributed by atoms with van der Waals surface area (Å²) in [5.41, 5.74) is 1.04. The fourth-order valence-corrected chi connectivity index (χ4v) is 2.37. The number of aromatic hydroxyl groups is 1. The quantitative estimate of drug-likeness (QED) is 0.743. The minimum absolute atomic E-state index is 0.247. The molecular formula is C13H17FO. The van der Waals surface area contributed by atoms with Gasteiger partial charge in [0.05, 0.1) is 0 Å². The molecule has 0 heterocycles. The Morgan fingerprint density at radius 3 is 2.47 bits per heavy atom. The van der Waals surface area contributed by atoms with E-state index in [1.807, 2.05) is 6.07 Å². The maximum Gasteiger partial charge on any atom is 0.165 e. The second kappa shape index (κ2) is 4.21. The lowest BCUT2D eigenvalue weighted by molar-refractivity contribution is 0.346. The predicted molar refractivity (Wildman–Crippen MR) is 58.4 cm³/mol. The lowest BCUT2D eigenvalue weighted by Gasteiger charge is -2.26. The molecule has 0 radical (unpaired) electrons. The van der Waals surface area contributed by atoms with Crippen LogP contribution in [0.3, 0.4) is 0 Å². The summed E-state index contributed by atoms with van der Waals surface area (Å²) in [5.74, 6) is 0.550. The molecule has 2 rings (SSSR count). The molecule has 0 amide bonds. The molecule has 0 spiro atoms. The zero-order valence-electron chi connectivity index (χ0n) is 9.04. The Morgan fingerprint density at radius 1 is 1.20 bits per heavy atom. The van der Waals surface area contributed by atoms with E-state index in [4.69, 9.17) is 5.11 Å². The Hall–Kier alpha value is -1.05. The first kappa shape index (κ1) is 10.5. The Labute approximate surface area is 89.9 Å². The summed E-state index contributed by atoms with van der Waals surface area (Å²) in [6.45, 7) is 2.27. The van der Waals surface area contributed by atoms with Crippen molar-refractivity contribution in [3.8, 4) is 5.75 Å². The number of halogens is 1. The molecule has 15 heavy (non-hydrogen) atoms. The van der Waals surface area contributed by atoms with Gasteiger partial charge in [-0.3, -0.25) is 0 Å². The van der Waals surface area contributed by atoms with Crippen molar-refractivity contribution in [3.05, 3.63) is 29.6 Å². The zero-order chi connectivity index (χ0) is 10.8. The van der Waals surface area contributed by atoms with E-state index in [0.717, 1.165) is 24.3 Å². The van der Waals surface area contributed by atoms with Gasteiger partial charge in [-0.1, -0.05) is 25.8 Å². The second-order valence-corrected chi connectivity index (χ2v) is 4.67. The monoisotopic (exact) mass is 208 g/mol. The van der Waals surface area contributed by atoms with Crippen molar-refractivity contribution in [2.24, 2.45) is 5.92 Å². The molecule has 0 unspecified atom stereocenters. The van der Waals surface area contributed by atoms with E-state index in [-0.39, 0.29) is 5.75 Å². The largest absolute Gasteiger partial charge is 0.505 e. The molecule has 1 saturated carbocycles. The van der Waals surface area contributed by atoms with Gasteiger partial charge in [0.2, 0.25) is 0 Å². The van der Waals surface area contributed by atoms with Gasteiger partial charge in [0, 0.05) is 0 Å². The molecule has 0 atom stereocenters. The first-order valence-corrected chi connectivity index (χ1v) is 5.65. The molecule has 1 fully saturated rings. The number of phenols is 1. The highest BCUT2D eigenvalue weighted by atomic mass is 19.1. The third-order valence-electron chi connectivity index (χ3n) is 3.46. The van der Waals surface area contributed by atoms with E-state index >= 15 is 0 Å². The lowest BCUT2D eigenvalue weighted by Crippen LogP contribution is -2.10. The van der Waals surface area contributed by atoms with Gasteiger partial charge in [0.1, 0.15) is 0 Å². The van der Waals surface area contributed by atoms with Crippen LogP contribution in [0.15, 0.2) is 18.2 Å². The third-order valence-corrected chi connectivity index (χ3v) is 3.46. The van der Waals surface area contributed by atoms with Gasteiger partial charge in [0.15, 0.2) is 11.6 Å². The van der Waals surface area contributed by atoms with Gasteiger partial charge < -0.3 is 5.11 Å². The fourth-order valence-electron chi connectivity index (χ4n) is 2.37. The highest BCUT2D eigenvalue weighted by Crippen LogP contribution is 2.36. The first-order valence-electron chi connectivity index (χ1n) is 5.65. The van der Waals surface area contributed by atoms with E-state index in [9.17, 15) is 4.39 Å². The van der Waals surface area contributed by atoms with Crippen molar-refractivity contribution in [1.29, 1.82) is 0 Å². The van der Waals surface area contributed by atoms with Crippen LogP contribution in [0.25, 0.3) is 0 Å². The number of rotatable bonds is 1. The molecule has 82 valence electrons. The van der Waals surface area contributed by atoms with Crippen molar-refractivity contribution in [2.45, 2.75) is 38.5 Å². The van der Waals surface area contributed by atoms with Crippen LogP contribution in [0.2, 0.25) is 0 Å². The number of phenolic OH excluding ortho intramolecular Hbond substituents is 1. The molecule has 0 aliphatic heterocycles. The highest BCUT2D eigenvalue weighted by Gasteiger charge is 2.20. The van der Waals surface area contributed by atoms with Crippen LogP contribution in [-0.2, 0) is 0 Å². The predicted octanol–water partition coefficient (Wildman–Crippen LogP) is 3.83. The summed E-state index contributed by atoms with van der Waals surface area (Å²) in [7, 11) is 0. The first-order chi connectivity index (χ1) is 7.16. The number of hydrogen-bond acceptors (Lipinski definition) is 1. The summed E-state index contributed by atoms with van der Waals surface area (Å²) in [6, 6.07) is 4.79. The summed E-state index contributed by atoms with van der Waals surface area (Å²) in [4.78, 5) is 0. The molecule has 1 aromatic rings. The zero-order valence-corrected chi connectivity index (χ0v) is 9.04. The molecular weight excluding hydrogens is 191 g/mol. The van der Waals surface area contributed by atoms with Crippen LogP contribution in [0.4, 0.5) is 4.39 Å². The van der Waals surface area contributed by atoms with Gasteiger partial charge in [-0.15, -0.1) is 0 Å². The van der Waals surface area contributed by atoms with Crippen LogP contribution in [0, 0.1) is 11.7 Å². The molecule has 1 aromatic carbocycles. The lowest BCUT2D eigenvalue weighted by atomic mass is 9.79. The maximum atomic E-state index is 13.2. The van der Waals surface area contributed by atoms with Crippen molar-refractivity contribution in [3.63, 3.8) is 0 Å². The molecule has 0 bridgehead atoms. The van der Waals surface area contributed by atoms with Gasteiger partial charge in [-0.05, 0) is 42.4 Å². The number of benzene rings is 1. The SMILES string of the molecule is CC1CCC(c2ccc(O)c(F)c2)CC1. The van der Waals surface area contributed by atoms with Gasteiger partial charge in [0.25, 0.3) is 0 Å². The normalized spacial score (nSPS) is 26.5. The van der Waals surface area contributed by atoms with Gasteiger partial charge in [-0.25, -0.2) is 4.39 Å². The summed E-state index contributed by atoms with van der Waals surface area (Å²) < 4.78 is 13.2. The standard InChI is InChI=1S/C13H17FO/c1-9-2-4-10(5-3-9)11-6-7-13(15)12(14)8-11/h6-10,15H,2-5H2,1H3. The van der Waals surface area contributed by atoms with E-state index in [1.54, 1.807) is 0 Å². The molecule has 2 heteroatoms. The smallest absolute Gasteiger partial charge is 0.165 e. The molecule has 1 N–H and O–H groups in total. The Balaban J connectivity index is 2.12. The van der Waals surface area contributed by atoms with Crippen LogP contribution in [0.1, 0.15) is 44.1 Å². The van der Waals surface area contributed by atoms with Crippen LogP contribution in [0.5, 0.6) is 5.75 Å². The van der Waals surface area contributed by atoms with E-state index in [1.165, 1.54) is 25.0 Å². The Morgan fingerprint density at radius 2 is 1.87 bits per heavy atom. The fraction of sp³-hybridized carbons (Fsp3) is 0.538.